The molecule has 33 heavy (non-hydrogen) atoms. The largest absolute Gasteiger partial charge is 0.486 e. The van der Waals surface area contributed by atoms with Gasteiger partial charge >= 0.3 is 0 Å². The molecule has 3 aromatic rings. The molecule has 1 aromatic heterocycles. The summed E-state index contributed by atoms with van der Waals surface area (Å²) in [6.45, 7) is 1.87. The Morgan fingerprint density at radius 3 is 2.73 bits per heavy atom. The highest BCUT2D eigenvalue weighted by Crippen LogP contribution is 2.38. The van der Waals surface area contributed by atoms with Gasteiger partial charge in [0.1, 0.15) is 13.2 Å². The molecule has 1 saturated heterocycles. The number of likely N-dealkylation sites (tertiary alicyclic amines) is 1. The van der Waals surface area contributed by atoms with Crippen molar-refractivity contribution in [2.45, 2.75) is 30.3 Å². The zero-order valence-electron chi connectivity index (χ0n) is 17.9. The lowest BCUT2D eigenvalue weighted by atomic mass is 10.0. The summed E-state index contributed by atoms with van der Waals surface area (Å²) in [4.78, 5) is 16.2. The van der Waals surface area contributed by atoms with E-state index in [1.165, 1.54) is 23.5 Å². The first-order chi connectivity index (χ1) is 16.0. The van der Waals surface area contributed by atoms with E-state index in [-0.39, 0.29) is 23.4 Å². The van der Waals surface area contributed by atoms with Crippen molar-refractivity contribution < 1.29 is 22.7 Å². The third-order valence-electron chi connectivity index (χ3n) is 5.87. The van der Waals surface area contributed by atoms with E-state index in [0.29, 0.717) is 36.8 Å². The van der Waals surface area contributed by atoms with Gasteiger partial charge in [0, 0.05) is 23.5 Å². The number of nitrogens with zero attached hydrogens (tertiary/aromatic N) is 1. The van der Waals surface area contributed by atoms with Gasteiger partial charge in [-0.15, -0.1) is 11.3 Å². The molecule has 1 amide bonds. The molecule has 0 aliphatic carbocycles. The zero-order chi connectivity index (χ0) is 22.8. The van der Waals surface area contributed by atoms with E-state index >= 15 is 0 Å². The van der Waals surface area contributed by atoms with E-state index < -0.39 is 10.0 Å². The summed E-state index contributed by atoms with van der Waals surface area (Å²) in [6, 6.07) is 15.7. The summed E-state index contributed by atoms with van der Waals surface area (Å²) in [5.74, 6) is 1.24. The number of thiophene rings is 1. The summed E-state index contributed by atoms with van der Waals surface area (Å²) < 4.78 is 39.5. The lowest BCUT2D eigenvalue weighted by Crippen LogP contribution is -2.31. The molecule has 0 bridgehead atoms. The summed E-state index contributed by atoms with van der Waals surface area (Å²) >= 11 is 1.49. The molecule has 172 valence electrons. The van der Waals surface area contributed by atoms with Crippen molar-refractivity contribution in [3.8, 4) is 11.5 Å². The van der Waals surface area contributed by atoms with E-state index in [2.05, 4.69) is 4.72 Å². The molecule has 1 fully saturated rings. The fourth-order valence-corrected chi connectivity index (χ4v) is 6.04. The lowest BCUT2D eigenvalue weighted by Gasteiger charge is -2.27. The van der Waals surface area contributed by atoms with E-state index in [4.69, 9.17) is 9.47 Å². The number of carbonyl (C=O) groups excluding carboxylic acids is 1. The maximum atomic E-state index is 13.4. The molecule has 5 rings (SSSR count). The van der Waals surface area contributed by atoms with Crippen LogP contribution in [0.5, 0.6) is 11.5 Å². The number of benzene rings is 2. The fraction of sp³-hybridized carbons (Fsp3) is 0.292. The molecule has 0 spiro atoms. The number of nitrogens with one attached hydrogen (secondary N) is 1. The van der Waals surface area contributed by atoms with E-state index in [1.807, 2.05) is 40.6 Å². The second-order valence-electron chi connectivity index (χ2n) is 7.99. The molecule has 9 heteroatoms. The fourth-order valence-electron chi connectivity index (χ4n) is 4.25. The van der Waals surface area contributed by atoms with E-state index in [9.17, 15) is 13.2 Å². The maximum absolute atomic E-state index is 13.4. The number of hydrogen-bond donors (Lipinski definition) is 1. The molecule has 1 N–H and O–H groups in total. The molecule has 3 heterocycles. The molecule has 2 aliphatic rings. The van der Waals surface area contributed by atoms with Crippen LogP contribution < -0.4 is 14.2 Å². The summed E-state index contributed by atoms with van der Waals surface area (Å²) in [7, 11) is -3.74. The third-order valence-corrected chi connectivity index (χ3v) is 8.15. The predicted molar refractivity (Wildman–Crippen MR) is 125 cm³/mol. The zero-order valence-corrected chi connectivity index (χ0v) is 19.5. The van der Waals surface area contributed by atoms with Gasteiger partial charge in [0.2, 0.25) is 10.0 Å². The lowest BCUT2D eigenvalue weighted by molar-refractivity contribution is 0.0735. The number of ether oxygens (including phenoxy) is 2. The summed E-state index contributed by atoms with van der Waals surface area (Å²) in [5, 5.41) is 1.90. The van der Waals surface area contributed by atoms with Gasteiger partial charge in [-0.25, -0.2) is 13.1 Å². The van der Waals surface area contributed by atoms with Crippen LogP contribution in [0, 0.1) is 0 Å². The van der Waals surface area contributed by atoms with Crippen LogP contribution in [0.3, 0.4) is 0 Å². The molecule has 7 nitrogen and oxygen atoms in total. The molecule has 0 unspecified atom stereocenters. The molecular formula is C24H24N2O5S2. The molecule has 0 saturated carbocycles. The number of carbonyl (C=O) groups is 1. The average Bonchev–Trinajstić information content (AvgIpc) is 3.54. The van der Waals surface area contributed by atoms with Crippen LogP contribution in [0.1, 0.15) is 39.7 Å². The highest BCUT2D eigenvalue weighted by molar-refractivity contribution is 7.89. The first-order valence-electron chi connectivity index (χ1n) is 10.8. The van der Waals surface area contributed by atoms with Crippen molar-refractivity contribution >= 4 is 27.3 Å². The Labute approximate surface area is 197 Å². The van der Waals surface area contributed by atoms with Crippen LogP contribution >= 0.6 is 11.3 Å². The van der Waals surface area contributed by atoms with Crippen LogP contribution in [-0.2, 0) is 16.6 Å². The first-order valence-corrected chi connectivity index (χ1v) is 13.2. The molecular weight excluding hydrogens is 460 g/mol. The summed E-state index contributed by atoms with van der Waals surface area (Å²) in [5.41, 5.74) is 1.35. The number of amides is 1. The molecule has 2 aromatic carbocycles. The highest BCUT2D eigenvalue weighted by atomic mass is 32.2. The minimum absolute atomic E-state index is 0.0833. The van der Waals surface area contributed by atoms with Crippen LogP contribution in [-0.4, -0.2) is 39.0 Å². The average molecular weight is 485 g/mol. The molecule has 0 radical (unpaired) electrons. The van der Waals surface area contributed by atoms with Crippen LogP contribution in [0.2, 0.25) is 0 Å². The first kappa shape index (κ1) is 21.9. The van der Waals surface area contributed by atoms with Gasteiger partial charge in [0.05, 0.1) is 10.9 Å². The monoisotopic (exact) mass is 484 g/mol. The van der Waals surface area contributed by atoms with Gasteiger partial charge in [0.15, 0.2) is 11.5 Å². The van der Waals surface area contributed by atoms with Crippen molar-refractivity contribution in [3.05, 3.63) is 76.0 Å². The Morgan fingerprint density at radius 2 is 1.91 bits per heavy atom. The van der Waals surface area contributed by atoms with Crippen molar-refractivity contribution in [3.63, 3.8) is 0 Å². The summed E-state index contributed by atoms with van der Waals surface area (Å²) in [6.07, 6.45) is 1.72. The smallest absolute Gasteiger partial charge is 0.254 e. The Hall–Kier alpha value is -2.88. The van der Waals surface area contributed by atoms with Gasteiger partial charge in [-0.3, -0.25) is 4.79 Å². The number of sulfonamides is 1. The topological polar surface area (TPSA) is 84.9 Å². The number of rotatable bonds is 6. The second-order valence-corrected chi connectivity index (χ2v) is 10.8. The van der Waals surface area contributed by atoms with Crippen molar-refractivity contribution in [1.82, 2.24) is 9.62 Å². The maximum Gasteiger partial charge on any atom is 0.254 e. The standard InChI is InChI=1S/C24H24N2O5S2/c27-24(18-4-1-6-20(14-18)33(28,29)25-16-19-5-3-13-32-19)26-10-2-7-21(26)17-8-9-22-23(15-17)31-12-11-30-22/h1,3-6,8-9,13-15,21,25H,2,7,10-12,16H2/t21-/m0/s1. The minimum atomic E-state index is -3.74. The minimum Gasteiger partial charge on any atom is -0.486 e. The number of fused-ring (bicyclic) bond motifs is 1. The van der Waals surface area contributed by atoms with Gasteiger partial charge in [-0.2, -0.15) is 0 Å². The predicted octanol–water partition coefficient (Wildman–Crippen LogP) is 3.98. The van der Waals surface area contributed by atoms with Crippen LogP contribution in [0.15, 0.2) is 64.9 Å². The Bertz CT molecular complexity index is 1260. The Balaban J connectivity index is 1.35. The van der Waals surface area contributed by atoms with E-state index in [0.717, 1.165) is 23.3 Å². The quantitative estimate of drug-likeness (QED) is 0.572. The SMILES string of the molecule is O=C(c1cccc(S(=O)(=O)NCc2cccs2)c1)N1CCC[C@H]1c1ccc2c(c1)OCCO2. The van der Waals surface area contributed by atoms with Crippen LogP contribution in [0.4, 0.5) is 0 Å². The van der Waals surface area contributed by atoms with Crippen LogP contribution in [0.25, 0.3) is 0 Å². The third kappa shape index (κ3) is 4.62. The van der Waals surface area contributed by atoms with Gasteiger partial charge in [-0.05, 0) is 60.2 Å². The Morgan fingerprint density at radius 1 is 1.06 bits per heavy atom. The van der Waals surface area contributed by atoms with Gasteiger partial charge < -0.3 is 14.4 Å². The second kappa shape index (κ2) is 9.17. The van der Waals surface area contributed by atoms with Crippen molar-refractivity contribution in [1.29, 1.82) is 0 Å². The Kier molecular flexibility index (Phi) is 6.09. The molecule has 1 atom stereocenters. The molecule has 2 aliphatic heterocycles. The highest BCUT2D eigenvalue weighted by Gasteiger charge is 2.32. The van der Waals surface area contributed by atoms with Crippen molar-refractivity contribution in [2.75, 3.05) is 19.8 Å². The van der Waals surface area contributed by atoms with Gasteiger partial charge in [0.25, 0.3) is 5.91 Å². The van der Waals surface area contributed by atoms with Gasteiger partial charge in [-0.1, -0.05) is 18.2 Å². The van der Waals surface area contributed by atoms with Crippen molar-refractivity contribution in [2.24, 2.45) is 0 Å². The van der Waals surface area contributed by atoms with E-state index in [1.54, 1.807) is 12.1 Å². The normalized spacial score (nSPS) is 17.8. The number of hydrogen-bond acceptors (Lipinski definition) is 6.